The fourth-order valence-electron chi connectivity index (χ4n) is 2.75. The van der Waals surface area contributed by atoms with E-state index in [1.54, 1.807) is 36.2 Å². The van der Waals surface area contributed by atoms with Gasteiger partial charge in [-0.2, -0.15) is 5.26 Å². The second kappa shape index (κ2) is 7.09. The van der Waals surface area contributed by atoms with E-state index in [1.807, 2.05) is 0 Å². The number of amides is 1. The van der Waals surface area contributed by atoms with Crippen LogP contribution in [0.15, 0.2) is 24.3 Å². The molecule has 1 heterocycles. The summed E-state index contributed by atoms with van der Waals surface area (Å²) in [5.41, 5.74) is 0.784. The summed E-state index contributed by atoms with van der Waals surface area (Å²) < 4.78 is 0. The van der Waals surface area contributed by atoms with Crippen LogP contribution in [0.5, 0.6) is 5.75 Å². The Morgan fingerprint density at radius 3 is 2.86 bits per heavy atom. The zero-order chi connectivity index (χ0) is 15.2. The monoisotopic (exact) mass is 287 g/mol. The number of likely N-dealkylation sites (tertiary alicyclic amines) is 1. The summed E-state index contributed by atoms with van der Waals surface area (Å²) in [5.74, 6) is 0.276. The van der Waals surface area contributed by atoms with Gasteiger partial charge in [-0.05, 0) is 43.7 Å². The molecular weight excluding hydrogens is 266 g/mol. The molecule has 5 nitrogen and oxygen atoms in total. The van der Waals surface area contributed by atoms with E-state index in [0.717, 1.165) is 38.2 Å². The third-order valence-electron chi connectivity index (χ3n) is 3.96. The zero-order valence-corrected chi connectivity index (χ0v) is 12.3. The maximum Gasteiger partial charge on any atom is 0.231 e. The Balaban J connectivity index is 1.98. The summed E-state index contributed by atoms with van der Waals surface area (Å²) in [4.78, 5) is 16.4. The van der Waals surface area contributed by atoms with E-state index in [0.29, 0.717) is 6.42 Å². The molecule has 2 rings (SSSR count). The first kappa shape index (κ1) is 15.3. The number of phenolic OH excluding ortho intramolecular Hbond substituents is 1. The van der Waals surface area contributed by atoms with Crippen molar-refractivity contribution in [2.75, 3.05) is 31.6 Å². The molecule has 0 spiro atoms. The van der Waals surface area contributed by atoms with Crippen molar-refractivity contribution in [2.45, 2.75) is 19.3 Å². The van der Waals surface area contributed by atoms with Crippen molar-refractivity contribution in [3.8, 4) is 11.8 Å². The Hall–Kier alpha value is -2.06. The van der Waals surface area contributed by atoms with Crippen molar-refractivity contribution < 1.29 is 9.90 Å². The Bertz CT molecular complexity index is 521. The van der Waals surface area contributed by atoms with Crippen LogP contribution in [0.2, 0.25) is 0 Å². The van der Waals surface area contributed by atoms with Crippen molar-refractivity contribution in [3.63, 3.8) is 0 Å². The van der Waals surface area contributed by atoms with Gasteiger partial charge in [-0.1, -0.05) is 0 Å². The summed E-state index contributed by atoms with van der Waals surface area (Å²) in [5, 5.41) is 18.0. The third-order valence-corrected chi connectivity index (χ3v) is 3.96. The average Bonchev–Trinajstić information content (AvgIpc) is 2.52. The van der Waals surface area contributed by atoms with Gasteiger partial charge in [0, 0.05) is 32.2 Å². The van der Waals surface area contributed by atoms with E-state index in [9.17, 15) is 9.90 Å². The fraction of sp³-hybridized carbons (Fsp3) is 0.500. The molecular formula is C16H21N3O2. The number of phenols is 1. The van der Waals surface area contributed by atoms with Crippen molar-refractivity contribution in [1.29, 1.82) is 5.26 Å². The fourth-order valence-corrected chi connectivity index (χ4v) is 2.75. The number of anilines is 1. The lowest BCUT2D eigenvalue weighted by atomic mass is 9.96. The van der Waals surface area contributed by atoms with Gasteiger partial charge in [0.2, 0.25) is 5.91 Å². The lowest BCUT2D eigenvalue weighted by molar-refractivity contribution is -0.123. The van der Waals surface area contributed by atoms with Gasteiger partial charge in [-0.25, -0.2) is 0 Å². The van der Waals surface area contributed by atoms with Crippen LogP contribution in [0.3, 0.4) is 0 Å². The standard InChI is InChI=1S/C16H21N3O2/c1-18(14-5-7-15(20)8-6-14)16(21)13-4-2-10-19(12-13)11-3-9-17/h5-8,13,20H,2-4,10-12H2,1H3. The number of hydrogen-bond acceptors (Lipinski definition) is 4. The molecule has 1 N–H and O–H groups in total. The van der Waals surface area contributed by atoms with Crippen molar-refractivity contribution in [2.24, 2.45) is 5.92 Å². The molecule has 1 aliphatic heterocycles. The van der Waals surface area contributed by atoms with Crippen LogP contribution < -0.4 is 4.90 Å². The number of piperidine rings is 1. The van der Waals surface area contributed by atoms with Gasteiger partial charge in [-0.15, -0.1) is 0 Å². The van der Waals surface area contributed by atoms with Gasteiger partial charge in [0.1, 0.15) is 5.75 Å². The van der Waals surface area contributed by atoms with Gasteiger partial charge < -0.3 is 14.9 Å². The minimum absolute atomic E-state index is 0.0174. The van der Waals surface area contributed by atoms with Crippen molar-refractivity contribution in [1.82, 2.24) is 4.90 Å². The molecule has 1 saturated heterocycles. The van der Waals surface area contributed by atoms with Gasteiger partial charge in [0.05, 0.1) is 12.0 Å². The van der Waals surface area contributed by atoms with E-state index >= 15 is 0 Å². The van der Waals surface area contributed by atoms with Crippen LogP contribution in [0, 0.1) is 17.2 Å². The highest BCUT2D eigenvalue weighted by molar-refractivity contribution is 5.94. The SMILES string of the molecule is CN(C(=O)C1CCCN(CCC#N)C1)c1ccc(O)cc1. The number of nitriles is 1. The number of carbonyl (C=O) groups excluding carboxylic acids is 1. The molecule has 1 aromatic carbocycles. The highest BCUT2D eigenvalue weighted by Crippen LogP contribution is 2.23. The first-order valence-electron chi connectivity index (χ1n) is 7.27. The maximum absolute atomic E-state index is 12.6. The Morgan fingerprint density at radius 2 is 2.19 bits per heavy atom. The topological polar surface area (TPSA) is 67.6 Å². The van der Waals surface area contributed by atoms with E-state index in [1.165, 1.54) is 0 Å². The van der Waals surface area contributed by atoms with E-state index in [2.05, 4.69) is 11.0 Å². The molecule has 1 fully saturated rings. The number of aromatic hydroxyl groups is 1. The Kier molecular flexibility index (Phi) is 5.18. The molecule has 0 radical (unpaired) electrons. The molecule has 5 heteroatoms. The minimum Gasteiger partial charge on any atom is -0.508 e. The Labute approximate surface area is 125 Å². The molecule has 1 unspecified atom stereocenters. The molecule has 0 saturated carbocycles. The molecule has 0 bridgehead atoms. The second-order valence-electron chi connectivity index (χ2n) is 5.46. The summed E-state index contributed by atoms with van der Waals surface area (Å²) in [6.45, 7) is 2.43. The van der Waals surface area contributed by atoms with Gasteiger partial charge >= 0.3 is 0 Å². The van der Waals surface area contributed by atoms with Gasteiger partial charge in [0.15, 0.2) is 0 Å². The van der Waals surface area contributed by atoms with E-state index < -0.39 is 0 Å². The summed E-state index contributed by atoms with van der Waals surface area (Å²) >= 11 is 0. The first-order valence-corrected chi connectivity index (χ1v) is 7.27. The first-order chi connectivity index (χ1) is 10.1. The maximum atomic E-state index is 12.6. The number of carbonyl (C=O) groups is 1. The molecule has 0 aromatic heterocycles. The Morgan fingerprint density at radius 1 is 1.48 bits per heavy atom. The normalized spacial score (nSPS) is 19.0. The number of rotatable bonds is 4. The molecule has 1 aromatic rings. The third kappa shape index (κ3) is 3.96. The quantitative estimate of drug-likeness (QED) is 0.919. The lowest BCUT2D eigenvalue weighted by Crippen LogP contribution is -2.44. The van der Waals surface area contributed by atoms with E-state index in [4.69, 9.17) is 5.26 Å². The minimum atomic E-state index is -0.0174. The van der Waals surface area contributed by atoms with Crippen LogP contribution in [-0.2, 0) is 4.79 Å². The molecule has 1 atom stereocenters. The average molecular weight is 287 g/mol. The molecule has 112 valence electrons. The van der Waals surface area contributed by atoms with Crippen LogP contribution in [0.1, 0.15) is 19.3 Å². The summed E-state index contributed by atoms with van der Waals surface area (Å²) in [6, 6.07) is 8.80. The van der Waals surface area contributed by atoms with Crippen molar-refractivity contribution in [3.05, 3.63) is 24.3 Å². The number of nitrogens with zero attached hydrogens (tertiary/aromatic N) is 3. The van der Waals surface area contributed by atoms with E-state index in [-0.39, 0.29) is 17.6 Å². The van der Waals surface area contributed by atoms with Gasteiger partial charge in [0.25, 0.3) is 0 Å². The molecule has 0 aliphatic carbocycles. The van der Waals surface area contributed by atoms with Crippen LogP contribution >= 0.6 is 0 Å². The lowest BCUT2D eigenvalue weighted by Gasteiger charge is -2.33. The molecule has 1 aliphatic rings. The van der Waals surface area contributed by atoms with Crippen LogP contribution in [0.4, 0.5) is 5.69 Å². The predicted octanol–water partition coefficient (Wildman–Crippen LogP) is 1.98. The number of hydrogen-bond donors (Lipinski definition) is 1. The summed E-state index contributed by atoms with van der Waals surface area (Å²) in [6.07, 6.45) is 2.39. The smallest absolute Gasteiger partial charge is 0.231 e. The summed E-state index contributed by atoms with van der Waals surface area (Å²) in [7, 11) is 1.77. The second-order valence-corrected chi connectivity index (χ2v) is 5.46. The van der Waals surface area contributed by atoms with Crippen LogP contribution in [-0.4, -0.2) is 42.6 Å². The largest absolute Gasteiger partial charge is 0.508 e. The highest BCUT2D eigenvalue weighted by Gasteiger charge is 2.28. The van der Waals surface area contributed by atoms with Gasteiger partial charge in [-0.3, -0.25) is 4.79 Å². The van der Waals surface area contributed by atoms with Crippen molar-refractivity contribution >= 4 is 11.6 Å². The molecule has 21 heavy (non-hydrogen) atoms. The predicted molar refractivity (Wildman–Crippen MR) is 80.9 cm³/mol. The highest BCUT2D eigenvalue weighted by atomic mass is 16.3. The van der Waals surface area contributed by atoms with Crippen LogP contribution in [0.25, 0.3) is 0 Å². The molecule has 1 amide bonds. The zero-order valence-electron chi connectivity index (χ0n) is 12.3. The number of benzene rings is 1.